The number of benzene rings is 3. The second-order valence-electron chi connectivity index (χ2n) is 11.1. The number of piperidine rings is 1. The van der Waals surface area contributed by atoms with Crippen LogP contribution in [0.15, 0.2) is 83.9 Å². The van der Waals surface area contributed by atoms with Crippen LogP contribution in [-0.2, 0) is 15.0 Å². The lowest BCUT2D eigenvalue weighted by molar-refractivity contribution is -0.135. The van der Waals surface area contributed by atoms with E-state index in [2.05, 4.69) is 57.3 Å². The van der Waals surface area contributed by atoms with Crippen molar-refractivity contribution < 1.29 is 14.4 Å². The maximum atomic E-state index is 13.6. The van der Waals surface area contributed by atoms with E-state index in [1.807, 2.05) is 54.6 Å². The summed E-state index contributed by atoms with van der Waals surface area (Å²) in [7, 11) is 0. The van der Waals surface area contributed by atoms with Gasteiger partial charge in [0.15, 0.2) is 5.78 Å². The van der Waals surface area contributed by atoms with E-state index in [0.717, 1.165) is 11.1 Å². The Morgan fingerprint density at radius 2 is 1.18 bits per heavy atom. The Balaban J connectivity index is 1.57. The molecule has 4 nitrogen and oxygen atoms in total. The molecule has 1 aliphatic carbocycles. The van der Waals surface area contributed by atoms with E-state index in [9.17, 15) is 14.4 Å². The molecule has 0 radical (unpaired) electrons. The number of ketones is 1. The number of allylic oxidation sites excluding steroid dienone is 1. The third-order valence-electron chi connectivity index (χ3n) is 7.80. The minimum absolute atomic E-state index is 0.0707. The molecule has 5 rings (SSSR count). The molecule has 1 aliphatic heterocycles. The summed E-state index contributed by atoms with van der Waals surface area (Å²) in [5.74, 6) is 0.0317. The predicted octanol–water partition coefficient (Wildman–Crippen LogP) is 6.97. The Bertz CT molecular complexity index is 1470. The highest BCUT2D eigenvalue weighted by Crippen LogP contribution is 2.46. The normalized spacial score (nSPS) is 21.5. The summed E-state index contributed by atoms with van der Waals surface area (Å²) >= 11 is 0. The number of carbonyl (C=O) groups is 3. The van der Waals surface area contributed by atoms with Crippen LogP contribution in [0.1, 0.15) is 90.5 Å². The van der Waals surface area contributed by atoms with Gasteiger partial charge in [0.05, 0.1) is 5.41 Å². The Labute approximate surface area is 224 Å². The van der Waals surface area contributed by atoms with E-state index in [4.69, 9.17) is 0 Å². The first-order valence-electron chi connectivity index (χ1n) is 13.3. The Morgan fingerprint density at radius 1 is 0.684 bits per heavy atom. The Morgan fingerprint density at radius 3 is 1.74 bits per heavy atom. The van der Waals surface area contributed by atoms with Crippen LogP contribution in [-0.4, -0.2) is 17.6 Å². The van der Waals surface area contributed by atoms with Crippen LogP contribution in [0.3, 0.4) is 0 Å². The van der Waals surface area contributed by atoms with Gasteiger partial charge in [-0.05, 0) is 64.6 Å². The summed E-state index contributed by atoms with van der Waals surface area (Å²) < 4.78 is 0. The molecule has 0 aromatic heterocycles. The van der Waals surface area contributed by atoms with Crippen molar-refractivity contribution in [2.75, 3.05) is 0 Å². The van der Waals surface area contributed by atoms with Crippen LogP contribution in [0, 0.1) is 0 Å². The second-order valence-corrected chi connectivity index (χ2v) is 11.1. The third kappa shape index (κ3) is 4.67. The summed E-state index contributed by atoms with van der Waals surface area (Å²) in [5, 5.41) is 2.62. The number of hydrogen-bond donors (Lipinski definition) is 1. The van der Waals surface area contributed by atoms with Crippen LogP contribution in [0.4, 0.5) is 0 Å². The van der Waals surface area contributed by atoms with Crippen molar-refractivity contribution in [3.8, 4) is 0 Å². The molecule has 0 bridgehead atoms. The summed E-state index contributed by atoms with van der Waals surface area (Å²) in [5.41, 5.74) is 5.56. The molecule has 1 N–H and O–H groups in total. The van der Waals surface area contributed by atoms with Gasteiger partial charge in [-0.15, -0.1) is 0 Å². The molecule has 2 amide bonds. The summed E-state index contributed by atoms with van der Waals surface area (Å²) in [4.78, 5) is 40.1. The zero-order valence-corrected chi connectivity index (χ0v) is 22.4. The van der Waals surface area contributed by atoms with Gasteiger partial charge in [0.2, 0.25) is 5.91 Å². The summed E-state index contributed by atoms with van der Waals surface area (Å²) in [6.07, 6.45) is 4.22. The fraction of sp³-hybridized carbons (Fsp3) is 0.265. The second kappa shape index (κ2) is 10.0. The molecule has 1 unspecified atom stereocenters. The third-order valence-corrected chi connectivity index (χ3v) is 7.80. The molecular weight excluding hydrogens is 470 g/mol. The summed E-state index contributed by atoms with van der Waals surface area (Å²) in [6.45, 7) is 8.57. The lowest BCUT2D eigenvalue weighted by Crippen LogP contribution is -2.54. The molecule has 1 atom stereocenters. The van der Waals surface area contributed by atoms with Gasteiger partial charge in [-0.25, -0.2) is 0 Å². The van der Waals surface area contributed by atoms with Crippen molar-refractivity contribution in [2.24, 2.45) is 0 Å². The van der Waals surface area contributed by atoms with Gasteiger partial charge in [-0.2, -0.15) is 0 Å². The van der Waals surface area contributed by atoms with E-state index in [0.29, 0.717) is 34.1 Å². The van der Waals surface area contributed by atoms with Gasteiger partial charge < -0.3 is 0 Å². The van der Waals surface area contributed by atoms with E-state index in [-0.39, 0.29) is 30.4 Å². The maximum Gasteiger partial charge on any atom is 0.253 e. The molecule has 4 heteroatoms. The fourth-order valence-electron chi connectivity index (χ4n) is 5.51. The number of fused-ring (bicyclic) bond motifs is 2. The number of imide groups is 1. The fourth-order valence-corrected chi connectivity index (χ4v) is 5.51. The SMILES string of the molecule is CC(C)c1ccc(/C=C2\CC3(C/C(=C\c4ccc(C(C)C)cc4)C(=O)c4ccccc43)C(=O)NC2=O)cc1. The average Bonchev–Trinajstić information content (AvgIpc) is 2.90. The highest BCUT2D eigenvalue weighted by Gasteiger charge is 2.51. The monoisotopic (exact) mass is 503 g/mol. The molecule has 38 heavy (non-hydrogen) atoms. The van der Waals surface area contributed by atoms with Gasteiger partial charge in [0.1, 0.15) is 0 Å². The molecule has 1 fully saturated rings. The standard InChI is InChI=1S/C34H33NO3/c1-21(2)25-13-9-23(10-14-25)17-27-19-34(30-8-6-5-7-29(30)31(27)36)20-28(32(37)35-33(34)38)18-24-11-15-26(16-12-24)22(3)4/h5-18,21-22H,19-20H2,1-4H3,(H,35,37,38)/b27-17+,28-18+. The highest BCUT2D eigenvalue weighted by atomic mass is 16.2. The van der Waals surface area contributed by atoms with Crippen molar-refractivity contribution in [3.05, 3.63) is 117 Å². The lowest BCUT2D eigenvalue weighted by atomic mass is 9.62. The Hall–Kier alpha value is -4.05. The lowest BCUT2D eigenvalue weighted by Gasteiger charge is -2.41. The van der Waals surface area contributed by atoms with Crippen LogP contribution in [0.2, 0.25) is 0 Å². The zero-order chi connectivity index (χ0) is 27.0. The number of rotatable bonds is 4. The van der Waals surface area contributed by atoms with Crippen LogP contribution in [0.5, 0.6) is 0 Å². The zero-order valence-electron chi connectivity index (χ0n) is 22.4. The van der Waals surface area contributed by atoms with Crippen molar-refractivity contribution >= 4 is 29.7 Å². The van der Waals surface area contributed by atoms with Crippen molar-refractivity contribution in [1.29, 1.82) is 0 Å². The van der Waals surface area contributed by atoms with Crippen LogP contribution < -0.4 is 5.32 Å². The minimum atomic E-state index is -1.04. The van der Waals surface area contributed by atoms with Crippen molar-refractivity contribution in [3.63, 3.8) is 0 Å². The van der Waals surface area contributed by atoms with Gasteiger partial charge in [0, 0.05) is 16.7 Å². The molecule has 1 saturated heterocycles. The van der Waals surface area contributed by atoms with Crippen LogP contribution >= 0.6 is 0 Å². The average molecular weight is 504 g/mol. The number of Topliss-reactive ketones (excluding diaryl/α,β-unsaturated/α-hetero) is 1. The molecule has 1 spiro atoms. The van der Waals surface area contributed by atoms with Gasteiger partial charge >= 0.3 is 0 Å². The van der Waals surface area contributed by atoms with Crippen molar-refractivity contribution in [1.82, 2.24) is 5.32 Å². The molecular formula is C34H33NO3. The molecule has 192 valence electrons. The van der Waals surface area contributed by atoms with E-state index in [1.54, 1.807) is 6.07 Å². The molecule has 2 aliphatic rings. The van der Waals surface area contributed by atoms with E-state index in [1.165, 1.54) is 11.1 Å². The van der Waals surface area contributed by atoms with Crippen molar-refractivity contribution in [2.45, 2.75) is 57.8 Å². The van der Waals surface area contributed by atoms with Gasteiger partial charge in [0.25, 0.3) is 5.91 Å². The number of nitrogens with one attached hydrogen (secondary N) is 1. The molecule has 1 heterocycles. The van der Waals surface area contributed by atoms with Crippen LogP contribution in [0.25, 0.3) is 12.2 Å². The smallest absolute Gasteiger partial charge is 0.253 e. The first-order chi connectivity index (χ1) is 18.2. The number of amides is 2. The van der Waals surface area contributed by atoms with Gasteiger partial charge in [-0.3, -0.25) is 19.7 Å². The van der Waals surface area contributed by atoms with Gasteiger partial charge in [-0.1, -0.05) is 100 Å². The topological polar surface area (TPSA) is 63.2 Å². The quantitative estimate of drug-likeness (QED) is 0.309. The van der Waals surface area contributed by atoms with E-state index >= 15 is 0 Å². The predicted molar refractivity (Wildman–Crippen MR) is 152 cm³/mol. The molecule has 3 aromatic carbocycles. The first-order valence-corrected chi connectivity index (χ1v) is 13.3. The van der Waals surface area contributed by atoms with E-state index < -0.39 is 5.41 Å². The highest BCUT2D eigenvalue weighted by molar-refractivity contribution is 6.19. The number of hydrogen-bond acceptors (Lipinski definition) is 3. The molecule has 3 aromatic rings. The largest absolute Gasteiger partial charge is 0.292 e. The summed E-state index contributed by atoms with van der Waals surface area (Å²) in [6, 6.07) is 23.6. The maximum absolute atomic E-state index is 13.6. The first kappa shape index (κ1) is 25.6. The minimum Gasteiger partial charge on any atom is -0.292 e. The number of carbonyl (C=O) groups excluding carboxylic acids is 3. The molecule has 0 saturated carbocycles. The Kier molecular flexibility index (Phi) is 6.75.